The van der Waals surface area contributed by atoms with Crippen molar-refractivity contribution in [2.75, 3.05) is 0 Å². The maximum absolute atomic E-state index is 2.34. The van der Waals surface area contributed by atoms with Gasteiger partial charge in [0.05, 0.1) is 0 Å². The number of hydrogen-bond donors (Lipinski definition) is 0. The molecule has 0 amide bonds. The van der Waals surface area contributed by atoms with E-state index in [1.54, 1.807) is 14.5 Å². The van der Waals surface area contributed by atoms with Crippen molar-refractivity contribution in [3.8, 4) is 0 Å². The van der Waals surface area contributed by atoms with Gasteiger partial charge in [0, 0.05) is 0 Å². The average molecular weight is 387 g/mol. The van der Waals surface area contributed by atoms with Gasteiger partial charge in [0.25, 0.3) is 0 Å². The third-order valence-electron chi connectivity index (χ3n) is 3.06. The predicted molar refractivity (Wildman–Crippen MR) is 59.4 cm³/mol. The molecule has 0 radical (unpaired) electrons. The minimum atomic E-state index is 0. The Morgan fingerprint density at radius 2 is 1.31 bits per heavy atom. The molecular formula is C10H17Cl2Hf. The summed E-state index contributed by atoms with van der Waals surface area (Å²) in [6, 6.07) is 0. The fourth-order valence-electron chi connectivity index (χ4n) is 1.59. The van der Waals surface area contributed by atoms with Gasteiger partial charge in [-0.25, -0.2) is 0 Å². The Kier molecular flexibility index (Phi) is 6.46. The first kappa shape index (κ1) is 16.4. The van der Waals surface area contributed by atoms with E-state index in [2.05, 4.69) is 34.6 Å². The zero-order valence-electron chi connectivity index (χ0n) is 8.82. The van der Waals surface area contributed by atoms with Gasteiger partial charge in [-0.2, -0.15) is 0 Å². The summed E-state index contributed by atoms with van der Waals surface area (Å²) in [5.41, 5.74) is 5.03. The van der Waals surface area contributed by atoms with Crippen LogP contribution >= 0.6 is 24.8 Å². The van der Waals surface area contributed by atoms with Gasteiger partial charge in [-0.05, 0) is 0 Å². The van der Waals surface area contributed by atoms with Crippen LogP contribution in [-0.2, 0) is 24.4 Å². The van der Waals surface area contributed by atoms with Gasteiger partial charge in [-0.15, -0.1) is 24.8 Å². The van der Waals surface area contributed by atoms with Crippen LogP contribution in [0.4, 0.5) is 0 Å². The molecule has 0 atom stereocenters. The Labute approximate surface area is 109 Å². The van der Waals surface area contributed by atoms with E-state index in [1.165, 1.54) is 29.9 Å². The molecule has 0 aromatic rings. The van der Waals surface area contributed by atoms with E-state index in [0.29, 0.717) is 5.41 Å². The van der Waals surface area contributed by atoms with Crippen LogP contribution in [0.1, 0.15) is 34.6 Å². The molecule has 0 aliphatic heterocycles. The van der Waals surface area contributed by atoms with Crippen LogP contribution in [0.25, 0.3) is 0 Å². The van der Waals surface area contributed by atoms with Crippen LogP contribution in [0.15, 0.2) is 20.0 Å². The van der Waals surface area contributed by atoms with E-state index in [4.69, 9.17) is 0 Å². The van der Waals surface area contributed by atoms with Crippen LogP contribution in [0.2, 0.25) is 0 Å². The Morgan fingerprint density at radius 3 is 1.38 bits per heavy atom. The van der Waals surface area contributed by atoms with Gasteiger partial charge < -0.3 is 0 Å². The first-order valence-corrected chi connectivity index (χ1v) is 5.80. The van der Waals surface area contributed by atoms with E-state index in [-0.39, 0.29) is 24.8 Å². The summed E-state index contributed by atoms with van der Waals surface area (Å²) in [6.45, 7) is 11.5. The van der Waals surface area contributed by atoms with Crippen LogP contribution in [0, 0.1) is 5.41 Å². The minimum absolute atomic E-state index is 0. The second-order valence-electron chi connectivity index (χ2n) is 3.88. The van der Waals surface area contributed by atoms with Crippen molar-refractivity contribution >= 4 is 24.8 Å². The summed E-state index contributed by atoms with van der Waals surface area (Å²) < 4.78 is 1.67. The van der Waals surface area contributed by atoms with E-state index >= 15 is 0 Å². The van der Waals surface area contributed by atoms with Crippen molar-refractivity contribution in [3.05, 3.63) is 20.0 Å². The third-order valence-corrected chi connectivity index (χ3v) is 6.66. The minimum Gasteiger partial charge on any atom is -0.147 e. The Morgan fingerprint density at radius 1 is 0.923 bits per heavy atom. The molecule has 13 heavy (non-hydrogen) atoms. The van der Waals surface area contributed by atoms with Crippen molar-refractivity contribution < 1.29 is 24.4 Å². The van der Waals surface area contributed by atoms with Crippen LogP contribution in [0.3, 0.4) is 0 Å². The van der Waals surface area contributed by atoms with Gasteiger partial charge in [-0.1, -0.05) is 0 Å². The molecular weight excluding hydrogens is 370 g/mol. The summed E-state index contributed by atoms with van der Waals surface area (Å²) in [5.74, 6) is 0. The van der Waals surface area contributed by atoms with E-state index in [9.17, 15) is 0 Å². The molecule has 0 aromatic heterocycles. The van der Waals surface area contributed by atoms with Crippen LogP contribution in [-0.4, -0.2) is 0 Å². The molecule has 3 heteroatoms. The van der Waals surface area contributed by atoms with Gasteiger partial charge in [0.1, 0.15) is 0 Å². The Hall–Kier alpha value is 0.930. The SMILES string of the molecule is CC1=C(C)C(C)(C)[C]([Hf])=C1C.Cl.Cl. The second kappa shape index (κ2) is 5.14. The number of halogens is 2. The number of rotatable bonds is 0. The van der Waals surface area contributed by atoms with E-state index in [1.807, 2.05) is 0 Å². The zero-order valence-corrected chi connectivity index (χ0v) is 14.0. The summed E-state index contributed by atoms with van der Waals surface area (Å²) in [7, 11) is 0. The fourth-order valence-corrected chi connectivity index (χ4v) is 2.94. The molecule has 0 saturated carbocycles. The maximum Gasteiger partial charge on any atom is -0.147 e. The molecule has 1 aliphatic rings. The first-order valence-electron chi connectivity index (χ1n) is 4.00. The molecule has 0 N–H and O–H groups in total. The average Bonchev–Trinajstić information content (AvgIpc) is 2.06. The van der Waals surface area contributed by atoms with Crippen molar-refractivity contribution in [1.29, 1.82) is 0 Å². The zero-order chi connectivity index (χ0) is 8.81. The molecule has 1 aliphatic carbocycles. The monoisotopic (exact) mass is 387 g/mol. The van der Waals surface area contributed by atoms with Gasteiger partial charge in [-0.3, -0.25) is 0 Å². The molecule has 0 unspecified atom stereocenters. The molecule has 1 rings (SSSR count). The number of hydrogen-bond acceptors (Lipinski definition) is 0. The molecule has 0 heterocycles. The van der Waals surface area contributed by atoms with Gasteiger partial charge >= 0.3 is 84.5 Å². The molecule has 75 valence electrons. The standard InChI is InChI=1S/C10H15.2ClH.Hf/c1-7-6-10(4,5)9(3)8(7)2;;;/h1-5H3;2*1H;. The quantitative estimate of drug-likeness (QED) is 0.552. The molecule has 0 spiro atoms. The van der Waals surface area contributed by atoms with Crippen molar-refractivity contribution in [3.63, 3.8) is 0 Å². The largest absolute Gasteiger partial charge is 0.147 e. The smallest absolute Gasteiger partial charge is 0.147 e. The maximum atomic E-state index is 2.34. The fraction of sp³-hybridized carbons (Fsp3) is 0.600. The summed E-state index contributed by atoms with van der Waals surface area (Å²) in [5, 5.41) is 0. The molecule has 0 aromatic carbocycles. The summed E-state index contributed by atoms with van der Waals surface area (Å²) in [6.07, 6.45) is 0. The van der Waals surface area contributed by atoms with Crippen LogP contribution in [0.5, 0.6) is 0 Å². The normalized spacial score (nSPS) is 19.7. The summed E-state index contributed by atoms with van der Waals surface area (Å²) >= 11 is 1.21. The van der Waals surface area contributed by atoms with Crippen molar-refractivity contribution in [1.82, 2.24) is 0 Å². The van der Waals surface area contributed by atoms with Crippen molar-refractivity contribution in [2.45, 2.75) is 34.6 Å². The third kappa shape index (κ3) is 2.49. The molecule has 0 saturated heterocycles. The van der Waals surface area contributed by atoms with E-state index in [0.717, 1.165) is 0 Å². The molecule has 0 nitrogen and oxygen atoms in total. The van der Waals surface area contributed by atoms with Gasteiger partial charge in [0.15, 0.2) is 0 Å². The Balaban J connectivity index is 0. The summed E-state index contributed by atoms with van der Waals surface area (Å²) in [4.78, 5) is 0. The topological polar surface area (TPSA) is 0 Å². The number of allylic oxidation sites excluding steroid dienone is 4. The first-order chi connectivity index (χ1) is 4.89. The van der Waals surface area contributed by atoms with Crippen molar-refractivity contribution in [2.24, 2.45) is 5.41 Å². The van der Waals surface area contributed by atoms with E-state index < -0.39 is 0 Å². The Bertz CT molecular complexity index is 236. The molecule has 0 bridgehead atoms. The predicted octanol–water partition coefficient (Wildman–Crippen LogP) is 4.03. The second-order valence-corrected chi connectivity index (χ2v) is 5.67. The van der Waals surface area contributed by atoms with Gasteiger partial charge in [0.2, 0.25) is 0 Å². The molecule has 0 fully saturated rings. The van der Waals surface area contributed by atoms with Crippen LogP contribution < -0.4 is 0 Å².